The van der Waals surface area contributed by atoms with Crippen molar-refractivity contribution in [3.63, 3.8) is 0 Å². The van der Waals surface area contributed by atoms with Gasteiger partial charge in [0.15, 0.2) is 0 Å². The fraction of sp³-hybridized carbons (Fsp3) is 0.357. The lowest BCUT2D eigenvalue weighted by atomic mass is 9.95. The number of halogens is 1. The normalized spacial score (nSPS) is 12.6. The van der Waals surface area contributed by atoms with Crippen LogP contribution < -0.4 is 5.73 Å². The predicted octanol–water partition coefficient (Wildman–Crippen LogP) is 4.59. The molecule has 2 rings (SSSR count). The first-order chi connectivity index (χ1) is 8.65. The summed E-state index contributed by atoms with van der Waals surface area (Å²) in [4.78, 5) is 0. The van der Waals surface area contributed by atoms with Crippen molar-refractivity contribution in [2.75, 3.05) is 5.73 Å². The molecule has 0 saturated carbocycles. The van der Waals surface area contributed by atoms with Crippen LogP contribution in [0.5, 0.6) is 0 Å². The Morgan fingerprint density at radius 1 is 1.39 bits per heavy atom. The van der Waals surface area contributed by atoms with Crippen molar-refractivity contribution in [3.8, 4) is 11.1 Å². The third kappa shape index (κ3) is 2.43. The molecule has 2 N–H and O–H groups in total. The third-order valence-electron chi connectivity index (χ3n) is 3.08. The molecule has 0 spiro atoms. The molecule has 1 aromatic heterocycles. The Bertz CT molecular complexity index is 536. The maximum Gasteiger partial charge on any atom is 0.230 e. The fourth-order valence-electron chi connectivity index (χ4n) is 2.16. The van der Waals surface area contributed by atoms with Crippen molar-refractivity contribution in [2.24, 2.45) is 0 Å². The topological polar surface area (TPSA) is 52.0 Å². The van der Waals surface area contributed by atoms with E-state index in [1.807, 2.05) is 24.3 Å². The first-order valence-corrected chi connectivity index (χ1v) is 6.94. The van der Waals surface area contributed by atoms with Crippen LogP contribution in [0.15, 0.2) is 33.3 Å². The van der Waals surface area contributed by atoms with Crippen LogP contribution in [0, 0.1) is 0 Å². The molecule has 4 heteroatoms. The molecule has 0 aliphatic rings. The quantitative estimate of drug-likeness (QED) is 0.898. The van der Waals surface area contributed by atoms with Gasteiger partial charge in [-0.05, 0) is 12.5 Å². The Morgan fingerprint density at radius 3 is 2.78 bits per heavy atom. The summed E-state index contributed by atoms with van der Waals surface area (Å²) in [6.45, 7) is 4.32. The monoisotopic (exact) mass is 308 g/mol. The van der Waals surface area contributed by atoms with Gasteiger partial charge in [0.05, 0.1) is 11.3 Å². The Labute approximate surface area is 115 Å². The minimum absolute atomic E-state index is 0.346. The number of rotatable bonds is 4. The molecule has 1 atom stereocenters. The van der Waals surface area contributed by atoms with Gasteiger partial charge in [0.2, 0.25) is 5.88 Å². The molecule has 0 fully saturated rings. The number of nitrogens with zero attached hydrogens (tertiary/aromatic N) is 1. The largest absolute Gasteiger partial charge is 0.367 e. The van der Waals surface area contributed by atoms with Gasteiger partial charge in [0.1, 0.15) is 0 Å². The standard InChI is InChI=1S/C14H17BrN2O/c1-3-6-9(2)13-12(14(16)18-17-13)10-7-4-5-8-11(10)15/h4-5,7-9H,3,6,16H2,1-2H3. The van der Waals surface area contributed by atoms with Gasteiger partial charge >= 0.3 is 0 Å². The van der Waals surface area contributed by atoms with Gasteiger partial charge in [-0.2, -0.15) is 0 Å². The van der Waals surface area contributed by atoms with E-state index in [-0.39, 0.29) is 0 Å². The Kier molecular flexibility index (Phi) is 4.07. The minimum Gasteiger partial charge on any atom is -0.367 e. The molecule has 0 aliphatic carbocycles. The van der Waals surface area contributed by atoms with Crippen molar-refractivity contribution in [2.45, 2.75) is 32.6 Å². The summed E-state index contributed by atoms with van der Waals surface area (Å²) in [6.07, 6.45) is 2.19. The third-order valence-corrected chi connectivity index (χ3v) is 3.77. The second kappa shape index (κ2) is 5.57. The van der Waals surface area contributed by atoms with Crippen LogP contribution in [0.1, 0.15) is 38.3 Å². The van der Waals surface area contributed by atoms with Gasteiger partial charge in [-0.15, -0.1) is 0 Å². The van der Waals surface area contributed by atoms with Gasteiger partial charge in [-0.3, -0.25) is 0 Å². The molecule has 0 amide bonds. The number of nitrogen functional groups attached to an aromatic ring is 1. The van der Waals surface area contributed by atoms with E-state index in [0.29, 0.717) is 11.8 Å². The number of nitrogens with two attached hydrogens (primary N) is 1. The van der Waals surface area contributed by atoms with Crippen molar-refractivity contribution in [1.29, 1.82) is 0 Å². The molecule has 0 radical (unpaired) electrons. The zero-order chi connectivity index (χ0) is 13.1. The predicted molar refractivity (Wildman–Crippen MR) is 77.4 cm³/mol. The maximum absolute atomic E-state index is 5.93. The van der Waals surface area contributed by atoms with Crippen LogP contribution >= 0.6 is 15.9 Å². The summed E-state index contributed by atoms with van der Waals surface area (Å²) in [5.74, 6) is 0.734. The molecule has 18 heavy (non-hydrogen) atoms. The van der Waals surface area contributed by atoms with Gasteiger partial charge in [0.25, 0.3) is 0 Å². The molecule has 2 aromatic rings. The smallest absolute Gasteiger partial charge is 0.230 e. The highest BCUT2D eigenvalue weighted by atomic mass is 79.9. The Hall–Kier alpha value is -1.29. The summed E-state index contributed by atoms with van der Waals surface area (Å²) in [6, 6.07) is 7.98. The molecular weight excluding hydrogens is 292 g/mol. The summed E-state index contributed by atoms with van der Waals surface area (Å²) in [5, 5.41) is 4.13. The van der Waals surface area contributed by atoms with E-state index in [9.17, 15) is 0 Å². The van der Waals surface area contributed by atoms with Crippen molar-refractivity contribution in [1.82, 2.24) is 5.16 Å². The first-order valence-electron chi connectivity index (χ1n) is 6.15. The fourth-order valence-corrected chi connectivity index (χ4v) is 2.64. The molecular formula is C14H17BrN2O. The lowest BCUT2D eigenvalue weighted by Crippen LogP contribution is -1.97. The van der Waals surface area contributed by atoms with Crippen LogP contribution in [-0.2, 0) is 0 Å². The number of hydrogen-bond donors (Lipinski definition) is 1. The second-order valence-corrected chi connectivity index (χ2v) is 5.33. The van der Waals surface area contributed by atoms with Crippen LogP contribution in [0.25, 0.3) is 11.1 Å². The first kappa shape index (κ1) is 13.1. The average Bonchev–Trinajstić information content (AvgIpc) is 2.72. The molecule has 3 nitrogen and oxygen atoms in total. The minimum atomic E-state index is 0.346. The zero-order valence-electron chi connectivity index (χ0n) is 10.6. The number of aromatic nitrogens is 1. The van der Waals surface area contributed by atoms with E-state index in [1.54, 1.807) is 0 Å². The highest BCUT2D eigenvalue weighted by molar-refractivity contribution is 9.10. The highest BCUT2D eigenvalue weighted by Gasteiger charge is 2.21. The summed E-state index contributed by atoms with van der Waals surface area (Å²) in [5.41, 5.74) is 8.83. The molecule has 0 saturated heterocycles. The van der Waals surface area contributed by atoms with Crippen LogP contribution in [-0.4, -0.2) is 5.16 Å². The zero-order valence-corrected chi connectivity index (χ0v) is 12.2. The van der Waals surface area contributed by atoms with E-state index in [4.69, 9.17) is 10.3 Å². The summed E-state index contributed by atoms with van der Waals surface area (Å²) in [7, 11) is 0. The van der Waals surface area contributed by atoms with Crippen LogP contribution in [0.2, 0.25) is 0 Å². The van der Waals surface area contributed by atoms with E-state index >= 15 is 0 Å². The van der Waals surface area contributed by atoms with Crippen LogP contribution in [0.3, 0.4) is 0 Å². The van der Waals surface area contributed by atoms with Crippen molar-refractivity contribution < 1.29 is 4.52 Å². The maximum atomic E-state index is 5.93. The van der Waals surface area contributed by atoms with E-state index in [0.717, 1.165) is 34.1 Å². The SMILES string of the molecule is CCCC(C)c1noc(N)c1-c1ccccc1Br. The van der Waals surface area contributed by atoms with Gasteiger partial charge in [0, 0.05) is 16.0 Å². The number of hydrogen-bond acceptors (Lipinski definition) is 3. The lowest BCUT2D eigenvalue weighted by molar-refractivity contribution is 0.419. The van der Waals surface area contributed by atoms with E-state index < -0.39 is 0 Å². The summed E-state index contributed by atoms with van der Waals surface area (Å²) >= 11 is 3.55. The Morgan fingerprint density at radius 2 is 2.11 bits per heavy atom. The van der Waals surface area contributed by atoms with Gasteiger partial charge < -0.3 is 10.3 Å². The van der Waals surface area contributed by atoms with Gasteiger partial charge in [-0.1, -0.05) is 59.6 Å². The molecule has 0 bridgehead atoms. The average molecular weight is 309 g/mol. The second-order valence-electron chi connectivity index (χ2n) is 4.48. The number of benzene rings is 1. The van der Waals surface area contributed by atoms with Crippen molar-refractivity contribution >= 4 is 21.8 Å². The van der Waals surface area contributed by atoms with Gasteiger partial charge in [-0.25, -0.2) is 0 Å². The highest BCUT2D eigenvalue weighted by Crippen LogP contribution is 2.38. The molecule has 1 heterocycles. The van der Waals surface area contributed by atoms with E-state index in [2.05, 4.69) is 34.9 Å². The van der Waals surface area contributed by atoms with Crippen LogP contribution in [0.4, 0.5) is 5.88 Å². The molecule has 96 valence electrons. The molecule has 1 aromatic carbocycles. The lowest BCUT2D eigenvalue weighted by Gasteiger charge is -2.10. The summed E-state index contributed by atoms with van der Waals surface area (Å²) < 4.78 is 6.18. The van der Waals surface area contributed by atoms with E-state index in [1.165, 1.54) is 0 Å². The Balaban J connectivity index is 2.51. The number of anilines is 1. The van der Waals surface area contributed by atoms with Crippen molar-refractivity contribution in [3.05, 3.63) is 34.4 Å². The molecule has 0 aliphatic heterocycles. The molecule has 1 unspecified atom stereocenters.